The summed E-state index contributed by atoms with van der Waals surface area (Å²) in [7, 11) is -3.38. The Kier molecular flexibility index (Phi) is 6.57. The number of sulfone groups is 1. The van der Waals surface area contributed by atoms with Crippen LogP contribution in [-0.4, -0.2) is 61.1 Å². The highest BCUT2D eigenvalue weighted by molar-refractivity contribution is 7.91. The minimum atomic E-state index is -3.38. The molecular formula is C28H32N4O3S. The van der Waals surface area contributed by atoms with Gasteiger partial charge in [-0.1, -0.05) is 19.1 Å². The lowest BCUT2D eigenvalue weighted by molar-refractivity contribution is 0.0949. The quantitative estimate of drug-likeness (QED) is 0.383. The fourth-order valence-electron chi connectivity index (χ4n) is 5.11. The largest absolute Gasteiger partial charge is 0.351 e. The van der Waals surface area contributed by atoms with Gasteiger partial charge in [-0.05, 0) is 86.3 Å². The maximum atomic E-state index is 13.4. The van der Waals surface area contributed by atoms with Crippen molar-refractivity contribution in [3.63, 3.8) is 0 Å². The number of fused-ring (bicyclic) bond motifs is 3. The van der Waals surface area contributed by atoms with Gasteiger partial charge in [0.25, 0.3) is 5.91 Å². The molecule has 0 bridgehead atoms. The van der Waals surface area contributed by atoms with Crippen molar-refractivity contribution in [2.24, 2.45) is 0 Å². The fourth-order valence-corrected chi connectivity index (χ4v) is 6.04. The zero-order chi connectivity index (χ0) is 25.4. The highest BCUT2D eigenvalue weighted by Gasteiger charge is 2.21. The molecule has 7 nitrogen and oxygen atoms in total. The van der Waals surface area contributed by atoms with Crippen LogP contribution in [0.25, 0.3) is 33.1 Å². The number of hydrogen-bond donors (Lipinski definition) is 2. The van der Waals surface area contributed by atoms with E-state index in [-0.39, 0.29) is 16.6 Å². The van der Waals surface area contributed by atoms with E-state index in [1.165, 1.54) is 12.8 Å². The van der Waals surface area contributed by atoms with Crippen LogP contribution in [0.15, 0.2) is 47.5 Å². The van der Waals surface area contributed by atoms with E-state index in [2.05, 4.69) is 26.3 Å². The van der Waals surface area contributed by atoms with Crippen LogP contribution < -0.4 is 5.32 Å². The SMILES string of the molecule is CCS(=O)(=O)c1cccc(-c2cc(C(=O)NCCN3CCCC3)c(C)c3[nH]c4ncc(C)cc4c23)c1. The predicted molar refractivity (Wildman–Crippen MR) is 144 cm³/mol. The Bertz CT molecular complexity index is 1570. The number of rotatable bonds is 7. The molecule has 0 spiro atoms. The summed E-state index contributed by atoms with van der Waals surface area (Å²) in [5.74, 6) is -0.101. The van der Waals surface area contributed by atoms with Crippen LogP contribution in [0.5, 0.6) is 0 Å². The molecule has 3 heterocycles. The molecule has 8 heteroatoms. The van der Waals surface area contributed by atoms with Gasteiger partial charge in [0, 0.05) is 35.6 Å². The van der Waals surface area contributed by atoms with E-state index in [1.807, 2.05) is 32.2 Å². The molecule has 1 fully saturated rings. The first kappa shape index (κ1) is 24.5. The van der Waals surface area contributed by atoms with E-state index in [1.54, 1.807) is 25.1 Å². The van der Waals surface area contributed by atoms with E-state index in [0.29, 0.717) is 12.1 Å². The number of benzene rings is 2. The first-order chi connectivity index (χ1) is 17.3. The van der Waals surface area contributed by atoms with Gasteiger partial charge in [-0.25, -0.2) is 13.4 Å². The lowest BCUT2D eigenvalue weighted by Gasteiger charge is -2.16. The number of H-pyrrole nitrogens is 1. The summed E-state index contributed by atoms with van der Waals surface area (Å²) in [6, 6.07) is 11.0. The van der Waals surface area contributed by atoms with E-state index in [9.17, 15) is 13.2 Å². The van der Waals surface area contributed by atoms with Gasteiger partial charge in [0.15, 0.2) is 9.84 Å². The van der Waals surface area contributed by atoms with Crippen LogP contribution in [0.2, 0.25) is 0 Å². The van der Waals surface area contributed by atoms with Crippen molar-refractivity contribution in [3.8, 4) is 11.1 Å². The van der Waals surface area contributed by atoms with E-state index < -0.39 is 9.84 Å². The second-order valence-electron chi connectivity index (χ2n) is 9.62. The van der Waals surface area contributed by atoms with Crippen molar-refractivity contribution in [1.82, 2.24) is 20.2 Å². The average molecular weight is 505 g/mol. The lowest BCUT2D eigenvalue weighted by atomic mass is 9.93. The summed E-state index contributed by atoms with van der Waals surface area (Å²) >= 11 is 0. The molecule has 188 valence electrons. The summed E-state index contributed by atoms with van der Waals surface area (Å²) in [5, 5.41) is 4.99. The number of aromatic nitrogens is 2. The number of aromatic amines is 1. The van der Waals surface area contributed by atoms with Crippen molar-refractivity contribution in [2.75, 3.05) is 31.9 Å². The standard InChI is InChI=1S/C28H32N4O3S/c1-4-36(34,35)21-9-7-8-20(15-21)23-16-22(28(33)29-10-13-32-11-5-6-12-32)19(3)26-25(23)24-14-18(2)17-30-27(24)31-26/h7-9,14-17H,4-6,10-13H2,1-3H3,(H,29,33)(H,30,31). The number of likely N-dealkylation sites (tertiary alicyclic amines) is 1. The number of pyridine rings is 1. The molecule has 36 heavy (non-hydrogen) atoms. The third-order valence-electron chi connectivity index (χ3n) is 7.17. The topological polar surface area (TPSA) is 95.2 Å². The zero-order valence-corrected chi connectivity index (χ0v) is 21.8. The number of nitrogens with one attached hydrogen (secondary N) is 2. The predicted octanol–water partition coefficient (Wildman–Crippen LogP) is 4.62. The molecule has 2 N–H and O–H groups in total. The Morgan fingerprint density at radius 1 is 1.14 bits per heavy atom. The lowest BCUT2D eigenvalue weighted by Crippen LogP contribution is -2.33. The van der Waals surface area contributed by atoms with Crippen LogP contribution in [0, 0.1) is 13.8 Å². The Hall–Kier alpha value is -3.23. The van der Waals surface area contributed by atoms with E-state index in [0.717, 1.165) is 63.8 Å². The average Bonchev–Trinajstić information content (AvgIpc) is 3.52. The second-order valence-corrected chi connectivity index (χ2v) is 11.9. The van der Waals surface area contributed by atoms with Crippen molar-refractivity contribution < 1.29 is 13.2 Å². The first-order valence-corrected chi connectivity index (χ1v) is 14.2. The van der Waals surface area contributed by atoms with Crippen LogP contribution >= 0.6 is 0 Å². The van der Waals surface area contributed by atoms with Gasteiger partial charge in [-0.15, -0.1) is 0 Å². The number of hydrogen-bond acceptors (Lipinski definition) is 5. The third kappa shape index (κ3) is 4.51. The molecular weight excluding hydrogens is 472 g/mol. The van der Waals surface area contributed by atoms with Gasteiger partial charge in [0.2, 0.25) is 0 Å². The second kappa shape index (κ2) is 9.67. The Labute approximate surface area is 211 Å². The molecule has 2 aromatic carbocycles. The van der Waals surface area contributed by atoms with Gasteiger partial charge in [-0.3, -0.25) is 4.79 Å². The molecule has 1 aliphatic heterocycles. The van der Waals surface area contributed by atoms with Gasteiger partial charge in [-0.2, -0.15) is 0 Å². The van der Waals surface area contributed by atoms with Gasteiger partial charge in [0.1, 0.15) is 5.65 Å². The maximum Gasteiger partial charge on any atom is 0.251 e. The Morgan fingerprint density at radius 2 is 1.92 bits per heavy atom. The summed E-state index contributed by atoms with van der Waals surface area (Å²) in [5.41, 5.74) is 5.59. The van der Waals surface area contributed by atoms with Gasteiger partial charge in [0.05, 0.1) is 16.2 Å². The fraction of sp³-hybridized carbons (Fsp3) is 0.357. The molecule has 1 aliphatic rings. The number of carbonyl (C=O) groups excluding carboxylic acids is 1. The van der Waals surface area contributed by atoms with Crippen molar-refractivity contribution in [3.05, 3.63) is 59.3 Å². The number of amides is 1. The molecule has 0 saturated carbocycles. The summed E-state index contributed by atoms with van der Waals surface area (Å²) in [6.07, 6.45) is 4.24. The molecule has 0 aliphatic carbocycles. The molecule has 5 rings (SSSR count). The normalized spacial score (nSPS) is 14.6. The number of carbonyl (C=O) groups is 1. The molecule has 2 aromatic heterocycles. The molecule has 0 radical (unpaired) electrons. The minimum absolute atomic E-state index is 0.0284. The van der Waals surface area contributed by atoms with Crippen molar-refractivity contribution >= 4 is 37.7 Å². The van der Waals surface area contributed by atoms with Crippen LogP contribution in [-0.2, 0) is 9.84 Å². The van der Waals surface area contributed by atoms with Gasteiger partial charge < -0.3 is 15.2 Å². The number of nitrogens with zero attached hydrogens (tertiary/aromatic N) is 2. The van der Waals surface area contributed by atoms with Crippen LogP contribution in [0.1, 0.15) is 41.3 Å². The summed E-state index contributed by atoms with van der Waals surface area (Å²) < 4.78 is 25.3. The molecule has 4 aromatic rings. The summed E-state index contributed by atoms with van der Waals surface area (Å²) in [4.78, 5) is 24.0. The van der Waals surface area contributed by atoms with Crippen LogP contribution in [0.4, 0.5) is 0 Å². The molecule has 1 amide bonds. The molecule has 1 saturated heterocycles. The monoisotopic (exact) mass is 504 g/mol. The Balaban J connectivity index is 1.65. The van der Waals surface area contributed by atoms with Gasteiger partial charge >= 0.3 is 0 Å². The molecule has 0 unspecified atom stereocenters. The van der Waals surface area contributed by atoms with Crippen molar-refractivity contribution in [2.45, 2.75) is 38.5 Å². The maximum absolute atomic E-state index is 13.4. The molecule has 0 atom stereocenters. The van der Waals surface area contributed by atoms with Crippen LogP contribution in [0.3, 0.4) is 0 Å². The summed E-state index contributed by atoms with van der Waals surface area (Å²) in [6.45, 7) is 9.18. The third-order valence-corrected chi connectivity index (χ3v) is 8.90. The highest BCUT2D eigenvalue weighted by atomic mass is 32.2. The van der Waals surface area contributed by atoms with Crippen molar-refractivity contribution in [1.29, 1.82) is 0 Å². The zero-order valence-electron chi connectivity index (χ0n) is 21.0. The first-order valence-electron chi connectivity index (χ1n) is 12.5. The smallest absolute Gasteiger partial charge is 0.251 e. The number of aryl methyl sites for hydroxylation is 2. The Morgan fingerprint density at radius 3 is 2.67 bits per heavy atom. The van der Waals surface area contributed by atoms with E-state index >= 15 is 0 Å². The minimum Gasteiger partial charge on any atom is -0.351 e. The van der Waals surface area contributed by atoms with E-state index in [4.69, 9.17) is 0 Å². The highest BCUT2D eigenvalue weighted by Crippen LogP contribution is 2.38.